The lowest BCUT2D eigenvalue weighted by Crippen LogP contribution is -2.27. The van der Waals surface area contributed by atoms with E-state index in [0.29, 0.717) is 23.7 Å². The molecule has 2 aromatic rings. The number of ether oxygens (including phenoxy) is 1. The predicted octanol–water partition coefficient (Wildman–Crippen LogP) is 3.32. The van der Waals surface area contributed by atoms with Crippen LogP contribution in [-0.2, 0) is 0 Å². The van der Waals surface area contributed by atoms with Crippen molar-refractivity contribution >= 4 is 21.8 Å². The number of nitrogens with zero attached hydrogens (tertiary/aromatic N) is 2. The quantitative estimate of drug-likeness (QED) is 0.751. The molecule has 0 saturated carbocycles. The minimum absolute atomic E-state index is 0.177. The summed E-state index contributed by atoms with van der Waals surface area (Å²) in [6.45, 7) is 1.54. The molecule has 0 aliphatic heterocycles. The average molecular weight is 378 g/mol. The molecule has 0 spiro atoms. The van der Waals surface area contributed by atoms with Crippen LogP contribution in [-0.4, -0.2) is 43.0 Å². The Morgan fingerprint density at radius 3 is 2.70 bits per heavy atom. The molecule has 6 heteroatoms. The van der Waals surface area contributed by atoms with Crippen molar-refractivity contribution in [2.45, 2.75) is 6.42 Å². The first-order valence-electron chi connectivity index (χ1n) is 7.37. The Morgan fingerprint density at radius 2 is 2.00 bits per heavy atom. The Morgan fingerprint density at radius 1 is 1.26 bits per heavy atom. The molecule has 5 nitrogen and oxygen atoms in total. The minimum atomic E-state index is -0.177. The van der Waals surface area contributed by atoms with E-state index in [1.54, 1.807) is 18.3 Å². The average Bonchev–Trinajstić information content (AvgIpc) is 2.54. The van der Waals surface area contributed by atoms with Gasteiger partial charge in [-0.15, -0.1) is 0 Å². The van der Waals surface area contributed by atoms with E-state index in [9.17, 15) is 4.79 Å². The summed E-state index contributed by atoms with van der Waals surface area (Å²) in [5, 5.41) is 2.90. The first-order valence-corrected chi connectivity index (χ1v) is 8.17. The third-order valence-electron chi connectivity index (χ3n) is 3.11. The third-order valence-corrected chi connectivity index (χ3v) is 3.64. The number of nitrogens with one attached hydrogen (secondary N) is 1. The lowest BCUT2D eigenvalue weighted by molar-refractivity contribution is 0.0949. The number of rotatable bonds is 7. The van der Waals surface area contributed by atoms with Crippen molar-refractivity contribution in [3.8, 4) is 11.6 Å². The molecule has 0 atom stereocenters. The highest BCUT2D eigenvalue weighted by atomic mass is 79.9. The minimum Gasteiger partial charge on any atom is -0.438 e. The number of hydrogen-bond acceptors (Lipinski definition) is 4. The molecular weight excluding hydrogens is 358 g/mol. The number of pyridine rings is 1. The Balaban J connectivity index is 2.01. The van der Waals surface area contributed by atoms with Gasteiger partial charge in [-0.25, -0.2) is 4.98 Å². The second-order valence-corrected chi connectivity index (χ2v) is 6.24. The van der Waals surface area contributed by atoms with Crippen molar-refractivity contribution in [2.75, 3.05) is 27.2 Å². The topological polar surface area (TPSA) is 54.5 Å². The van der Waals surface area contributed by atoms with Crippen molar-refractivity contribution in [2.24, 2.45) is 0 Å². The number of carbonyl (C=O) groups excluding carboxylic acids is 1. The SMILES string of the molecule is CN(C)CCCNC(=O)c1cccnc1Oc1ccc(Br)cc1. The number of aromatic nitrogens is 1. The van der Waals surface area contributed by atoms with E-state index in [1.165, 1.54) is 0 Å². The van der Waals surface area contributed by atoms with Crippen molar-refractivity contribution in [1.29, 1.82) is 0 Å². The zero-order chi connectivity index (χ0) is 16.7. The highest BCUT2D eigenvalue weighted by Gasteiger charge is 2.13. The Labute approximate surface area is 144 Å². The zero-order valence-corrected chi connectivity index (χ0v) is 14.8. The Hall–Kier alpha value is -1.92. The second kappa shape index (κ2) is 8.64. The standard InChI is InChI=1S/C17H20BrN3O2/c1-21(2)12-4-11-19-16(22)15-5-3-10-20-17(15)23-14-8-6-13(18)7-9-14/h3,5-10H,4,11-12H2,1-2H3,(H,19,22). The van der Waals surface area contributed by atoms with Gasteiger partial charge in [-0.05, 0) is 63.5 Å². The molecule has 1 aromatic carbocycles. The number of hydrogen-bond donors (Lipinski definition) is 1. The van der Waals surface area contributed by atoms with Crippen LogP contribution in [0.2, 0.25) is 0 Å². The van der Waals surface area contributed by atoms with Gasteiger partial charge in [0.15, 0.2) is 0 Å². The van der Waals surface area contributed by atoms with Crippen LogP contribution in [0.25, 0.3) is 0 Å². The normalized spacial score (nSPS) is 10.6. The fourth-order valence-corrected chi connectivity index (χ4v) is 2.22. The third kappa shape index (κ3) is 5.65. The van der Waals surface area contributed by atoms with E-state index in [1.807, 2.05) is 38.4 Å². The molecule has 0 aliphatic rings. The van der Waals surface area contributed by atoms with Gasteiger partial charge >= 0.3 is 0 Å². The molecule has 0 radical (unpaired) electrons. The van der Waals surface area contributed by atoms with E-state index >= 15 is 0 Å². The predicted molar refractivity (Wildman–Crippen MR) is 94.0 cm³/mol. The Bertz CT molecular complexity index is 645. The lowest BCUT2D eigenvalue weighted by Gasteiger charge is -2.12. The van der Waals surface area contributed by atoms with Gasteiger partial charge in [0.05, 0.1) is 0 Å². The molecule has 0 aliphatic carbocycles. The number of benzene rings is 1. The molecular formula is C17H20BrN3O2. The highest BCUT2D eigenvalue weighted by Crippen LogP contribution is 2.24. The van der Waals surface area contributed by atoms with Crippen LogP contribution in [0, 0.1) is 0 Å². The van der Waals surface area contributed by atoms with Crippen LogP contribution in [0.5, 0.6) is 11.6 Å². The number of halogens is 1. The van der Waals surface area contributed by atoms with Gasteiger partial charge in [-0.2, -0.15) is 0 Å². The highest BCUT2D eigenvalue weighted by molar-refractivity contribution is 9.10. The maximum atomic E-state index is 12.3. The van der Waals surface area contributed by atoms with E-state index in [2.05, 4.69) is 31.1 Å². The van der Waals surface area contributed by atoms with Crippen LogP contribution < -0.4 is 10.1 Å². The van der Waals surface area contributed by atoms with Gasteiger partial charge in [0.1, 0.15) is 11.3 Å². The van der Waals surface area contributed by atoms with Crippen LogP contribution in [0.1, 0.15) is 16.8 Å². The fourth-order valence-electron chi connectivity index (χ4n) is 1.95. The smallest absolute Gasteiger partial charge is 0.256 e. The monoisotopic (exact) mass is 377 g/mol. The number of carbonyl (C=O) groups is 1. The molecule has 1 aromatic heterocycles. The van der Waals surface area contributed by atoms with E-state index in [0.717, 1.165) is 17.4 Å². The summed E-state index contributed by atoms with van der Waals surface area (Å²) < 4.78 is 6.69. The van der Waals surface area contributed by atoms with E-state index in [-0.39, 0.29) is 5.91 Å². The summed E-state index contributed by atoms with van der Waals surface area (Å²) in [6, 6.07) is 10.8. The molecule has 0 fully saturated rings. The summed E-state index contributed by atoms with van der Waals surface area (Å²) in [6.07, 6.45) is 2.50. The fraction of sp³-hybridized carbons (Fsp3) is 0.294. The van der Waals surface area contributed by atoms with Crippen molar-refractivity contribution in [3.05, 3.63) is 52.6 Å². The van der Waals surface area contributed by atoms with E-state index in [4.69, 9.17) is 4.74 Å². The maximum absolute atomic E-state index is 12.3. The summed E-state index contributed by atoms with van der Waals surface area (Å²) in [7, 11) is 4.01. The van der Waals surface area contributed by atoms with Gasteiger partial charge in [0.2, 0.25) is 5.88 Å². The van der Waals surface area contributed by atoms with Gasteiger partial charge in [-0.3, -0.25) is 4.79 Å². The van der Waals surface area contributed by atoms with Crippen molar-refractivity contribution in [1.82, 2.24) is 15.2 Å². The van der Waals surface area contributed by atoms with Crippen LogP contribution in [0.3, 0.4) is 0 Å². The molecule has 122 valence electrons. The first kappa shape index (κ1) is 17.4. The maximum Gasteiger partial charge on any atom is 0.256 e. The molecule has 0 saturated heterocycles. The lowest BCUT2D eigenvalue weighted by atomic mass is 10.2. The van der Waals surface area contributed by atoms with Gasteiger partial charge < -0.3 is 15.0 Å². The first-order chi connectivity index (χ1) is 11.1. The van der Waals surface area contributed by atoms with Crippen LogP contribution in [0.15, 0.2) is 47.1 Å². The van der Waals surface area contributed by atoms with Gasteiger partial charge in [-0.1, -0.05) is 15.9 Å². The molecule has 1 N–H and O–H groups in total. The molecule has 0 unspecified atom stereocenters. The van der Waals surface area contributed by atoms with Crippen LogP contribution >= 0.6 is 15.9 Å². The summed E-state index contributed by atoms with van der Waals surface area (Å²) in [5.41, 5.74) is 0.431. The second-order valence-electron chi connectivity index (χ2n) is 5.32. The molecule has 1 heterocycles. The molecule has 23 heavy (non-hydrogen) atoms. The largest absolute Gasteiger partial charge is 0.438 e. The van der Waals surface area contributed by atoms with Gasteiger partial charge in [0, 0.05) is 17.2 Å². The molecule has 1 amide bonds. The number of amides is 1. The Kier molecular flexibility index (Phi) is 6.55. The molecule has 0 bridgehead atoms. The van der Waals surface area contributed by atoms with Crippen molar-refractivity contribution in [3.63, 3.8) is 0 Å². The van der Waals surface area contributed by atoms with Crippen LogP contribution in [0.4, 0.5) is 0 Å². The molecule has 2 rings (SSSR count). The van der Waals surface area contributed by atoms with Crippen molar-refractivity contribution < 1.29 is 9.53 Å². The van der Waals surface area contributed by atoms with Gasteiger partial charge in [0.25, 0.3) is 5.91 Å². The summed E-state index contributed by atoms with van der Waals surface area (Å²) in [4.78, 5) is 18.6. The summed E-state index contributed by atoms with van der Waals surface area (Å²) in [5.74, 6) is 0.762. The zero-order valence-electron chi connectivity index (χ0n) is 13.3. The summed E-state index contributed by atoms with van der Waals surface area (Å²) >= 11 is 3.38. The van der Waals surface area contributed by atoms with E-state index < -0.39 is 0 Å².